The van der Waals surface area contributed by atoms with Gasteiger partial charge in [0.05, 0.1) is 0 Å². The van der Waals surface area contributed by atoms with E-state index in [0.29, 0.717) is 11.1 Å². The minimum Gasteiger partial charge on any atom is -0.507 e. The zero-order valence-corrected chi connectivity index (χ0v) is 48.7. The van der Waals surface area contributed by atoms with Crippen LogP contribution in [-0.2, 0) is 42.1 Å². The Balaban J connectivity index is 0.000000201. The molecule has 0 unspecified atom stereocenters. The molecule has 73 heavy (non-hydrogen) atoms. The topological polar surface area (TPSA) is 100 Å². The number of nitrogens with zero attached hydrogens (tertiary/aromatic N) is 2. The Morgan fingerprint density at radius 3 is 1.00 bits per heavy atom. The maximum absolute atomic E-state index is 12.6. The van der Waals surface area contributed by atoms with Gasteiger partial charge in [0.2, 0.25) is 0 Å². The predicted octanol–water partition coefficient (Wildman–Crippen LogP) is 16.4. The van der Waals surface area contributed by atoms with Crippen molar-refractivity contribution >= 4 is 54.6 Å². The fourth-order valence-electron chi connectivity index (χ4n) is 9.85. The van der Waals surface area contributed by atoms with E-state index in [1.54, 1.807) is 11.3 Å². The Hall–Kier alpha value is -6.36. The number of rotatable bonds is 8. The molecule has 0 aliphatic rings. The molecule has 2 N–H and O–H groups in total. The summed E-state index contributed by atoms with van der Waals surface area (Å²) in [5.41, 5.74) is 18.9. The molecule has 9 aromatic rings. The molecule has 0 spiro atoms. The van der Waals surface area contributed by atoms with Crippen LogP contribution in [0.3, 0.4) is 0 Å². The standard InChI is InChI=1S/C22H12N2S.2C21H24O2.2Pt/c1-3-11-23-19(5-1)15-7-9-21-17(13-15)18-14-16(8-10-22(18)25-21)20-6-2-4-12-24-20;2*1-12-7-14(3)20(15(4)8-12)18(22)11-19(23)21-16(5)9-13(2)10-17(21)6;;/h1-6,9-14H;2*7-11,22H,1-6H3;;/q-2;;;;/b;2*18-11-;;. The van der Waals surface area contributed by atoms with Crippen molar-refractivity contribution < 1.29 is 61.9 Å². The molecule has 6 aromatic carbocycles. The number of thiophene rings is 1. The van der Waals surface area contributed by atoms with Crippen LogP contribution in [0.25, 0.3) is 54.2 Å². The molecule has 9 rings (SSSR count). The molecule has 0 aliphatic carbocycles. The summed E-state index contributed by atoms with van der Waals surface area (Å²) in [5.74, 6) is -0.248. The third-order valence-corrected chi connectivity index (χ3v) is 13.6. The maximum Gasteiger partial charge on any atom is 0.190 e. The first-order chi connectivity index (χ1) is 33.8. The quantitative estimate of drug-likeness (QED) is 0.0680. The van der Waals surface area contributed by atoms with E-state index in [1.807, 2.05) is 180 Å². The maximum atomic E-state index is 12.6. The second-order valence-corrected chi connectivity index (χ2v) is 19.7. The molecule has 0 saturated carbocycles. The Labute approximate surface area is 463 Å². The summed E-state index contributed by atoms with van der Waals surface area (Å²) in [6, 6.07) is 43.1. The van der Waals surface area contributed by atoms with E-state index in [4.69, 9.17) is 0 Å². The van der Waals surface area contributed by atoms with Crippen LogP contribution < -0.4 is 0 Å². The van der Waals surface area contributed by atoms with Crippen molar-refractivity contribution in [1.29, 1.82) is 0 Å². The Kier molecular flexibility index (Phi) is 19.7. The number of pyridine rings is 2. The van der Waals surface area contributed by atoms with Gasteiger partial charge in [0.25, 0.3) is 0 Å². The third-order valence-electron chi connectivity index (χ3n) is 12.5. The molecular formula is C64H60N2O4Pt2S-2. The number of aliphatic hydroxyl groups is 2. The van der Waals surface area contributed by atoms with Gasteiger partial charge in [-0.05, 0) is 151 Å². The van der Waals surface area contributed by atoms with E-state index in [-0.39, 0.29) is 65.2 Å². The average molecular weight is 1340 g/mol. The molecule has 0 fully saturated rings. The number of allylic oxidation sites excluding steroid dienone is 2. The molecule has 0 radical (unpaired) electrons. The zero-order chi connectivity index (χ0) is 51.3. The number of ketones is 2. The van der Waals surface area contributed by atoms with Crippen molar-refractivity contribution in [2.24, 2.45) is 0 Å². The van der Waals surface area contributed by atoms with E-state index >= 15 is 0 Å². The molecule has 9 heteroatoms. The molecule has 378 valence electrons. The van der Waals surface area contributed by atoms with Crippen molar-refractivity contribution in [3.05, 3.63) is 235 Å². The second kappa shape index (κ2) is 25.0. The van der Waals surface area contributed by atoms with Gasteiger partial charge in [0.15, 0.2) is 11.6 Å². The Morgan fingerprint density at radius 1 is 0.438 bits per heavy atom. The summed E-state index contributed by atoms with van der Waals surface area (Å²) in [6.45, 7) is 23.6. The molecule has 6 nitrogen and oxygen atoms in total. The first-order valence-electron chi connectivity index (χ1n) is 23.6. The third kappa shape index (κ3) is 13.6. The fraction of sp³-hybridized carbons (Fsp3) is 0.188. The molecular weight excluding hydrogens is 1280 g/mol. The molecule has 0 atom stereocenters. The number of benzene rings is 6. The van der Waals surface area contributed by atoms with Gasteiger partial charge in [0.1, 0.15) is 11.5 Å². The summed E-state index contributed by atoms with van der Waals surface area (Å²) in [5, 5.41) is 23.4. The van der Waals surface area contributed by atoms with Crippen molar-refractivity contribution in [2.75, 3.05) is 0 Å². The Morgan fingerprint density at radius 2 is 0.726 bits per heavy atom. The predicted molar refractivity (Wildman–Crippen MR) is 296 cm³/mol. The minimum atomic E-state index is -0.156. The van der Waals surface area contributed by atoms with Crippen LogP contribution in [0.1, 0.15) is 98.6 Å². The smallest absolute Gasteiger partial charge is 0.190 e. The van der Waals surface area contributed by atoms with Gasteiger partial charge in [-0.25, -0.2) is 11.3 Å². The molecule has 3 heterocycles. The minimum absolute atomic E-state index is 0. The molecule has 0 bridgehead atoms. The first kappa shape index (κ1) is 57.5. The number of hydrogen-bond donors (Lipinski definition) is 2. The van der Waals surface area contributed by atoms with Crippen molar-refractivity contribution in [2.45, 2.75) is 83.1 Å². The van der Waals surface area contributed by atoms with Crippen molar-refractivity contribution in [3.8, 4) is 22.5 Å². The number of carbonyl (C=O) groups is 2. The van der Waals surface area contributed by atoms with Crippen LogP contribution in [0.4, 0.5) is 0 Å². The van der Waals surface area contributed by atoms with Crippen molar-refractivity contribution in [3.63, 3.8) is 0 Å². The van der Waals surface area contributed by atoms with Crippen LogP contribution in [0, 0.1) is 95.2 Å². The number of aliphatic hydroxyl groups excluding tert-OH is 2. The van der Waals surface area contributed by atoms with Crippen LogP contribution >= 0.6 is 11.3 Å². The second-order valence-electron chi connectivity index (χ2n) is 18.7. The van der Waals surface area contributed by atoms with Gasteiger partial charge in [0, 0.05) is 88.9 Å². The van der Waals surface area contributed by atoms with Gasteiger partial charge in [-0.15, -0.1) is 58.3 Å². The summed E-state index contributed by atoms with van der Waals surface area (Å²) in [6.07, 6.45) is 6.31. The van der Waals surface area contributed by atoms with Gasteiger partial charge in [-0.3, -0.25) is 9.59 Å². The van der Waals surface area contributed by atoms with E-state index < -0.39 is 0 Å². The summed E-state index contributed by atoms with van der Waals surface area (Å²) < 4.78 is 2.45. The zero-order valence-electron chi connectivity index (χ0n) is 43.3. The number of hydrogen-bond acceptors (Lipinski definition) is 7. The SMILES string of the molecule is Cc1cc(C)c(C(=O)/C=C(\O)c2c(C)cc(C)cc2C)c(C)c1.Cc1cc(C)c(C(=O)/C=C(\O)c2c(C)cc(C)cc2C)c(C)c1.[Pt].[Pt].[c-]1cc2sc3c[c-]c(-c4ccccn4)cc3c2cc1-c1ccccn1. The van der Waals surface area contributed by atoms with Crippen LogP contribution in [0.15, 0.2) is 134 Å². The van der Waals surface area contributed by atoms with Gasteiger partial charge in [-0.2, -0.15) is 0 Å². The van der Waals surface area contributed by atoms with E-state index in [2.05, 4.69) is 46.4 Å². The number of aryl methyl sites for hydroxylation is 12. The van der Waals surface area contributed by atoms with Crippen molar-refractivity contribution in [1.82, 2.24) is 9.97 Å². The van der Waals surface area contributed by atoms with Crippen LogP contribution in [-0.4, -0.2) is 31.7 Å². The van der Waals surface area contributed by atoms with E-state index in [1.165, 1.54) is 32.3 Å². The summed E-state index contributed by atoms with van der Waals surface area (Å²) in [7, 11) is 0. The van der Waals surface area contributed by atoms with Gasteiger partial charge >= 0.3 is 0 Å². The van der Waals surface area contributed by atoms with E-state index in [0.717, 1.165) is 100 Å². The summed E-state index contributed by atoms with van der Waals surface area (Å²) >= 11 is 1.77. The summed E-state index contributed by atoms with van der Waals surface area (Å²) in [4.78, 5) is 34.2. The average Bonchev–Trinajstić information content (AvgIpc) is 3.66. The van der Waals surface area contributed by atoms with Gasteiger partial charge in [-0.1, -0.05) is 104 Å². The number of aromatic nitrogens is 2. The van der Waals surface area contributed by atoms with Crippen LogP contribution in [0.5, 0.6) is 0 Å². The largest absolute Gasteiger partial charge is 0.507 e. The van der Waals surface area contributed by atoms with Gasteiger partial charge < -0.3 is 20.2 Å². The number of carbonyl (C=O) groups excluding carboxylic acids is 2. The Bertz CT molecular complexity index is 3230. The molecule has 3 aromatic heterocycles. The molecule has 0 saturated heterocycles. The van der Waals surface area contributed by atoms with Crippen LogP contribution in [0.2, 0.25) is 0 Å². The first-order valence-corrected chi connectivity index (χ1v) is 24.5. The molecule has 0 amide bonds. The fourth-order valence-corrected chi connectivity index (χ4v) is 10.9. The number of fused-ring (bicyclic) bond motifs is 3. The monoisotopic (exact) mass is 1340 g/mol. The van der Waals surface area contributed by atoms with E-state index in [9.17, 15) is 19.8 Å². The molecule has 0 aliphatic heterocycles. The normalized spacial score (nSPS) is 11.2.